The number of esters is 1. The molecular weight excluding hydrogens is 396 g/mol. The van der Waals surface area contributed by atoms with Crippen LogP contribution < -0.4 is 0 Å². The van der Waals surface area contributed by atoms with Gasteiger partial charge in [0.25, 0.3) is 0 Å². The van der Waals surface area contributed by atoms with Gasteiger partial charge in [-0.15, -0.1) is 0 Å². The number of alkyl halides is 2. The van der Waals surface area contributed by atoms with Gasteiger partial charge in [0.2, 0.25) is 0 Å². The van der Waals surface area contributed by atoms with E-state index in [-0.39, 0.29) is 29.5 Å². The molecule has 0 aliphatic carbocycles. The normalized spacial score (nSPS) is 13.5. The van der Waals surface area contributed by atoms with Gasteiger partial charge in [0.15, 0.2) is 0 Å². The Labute approximate surface area is 124 Å². The Morgan fingerprint density at radius 1 is 1.21 bits per heavy atom. The van der Waals surface area contributed by atoms with E-state index in [0.717, 1.165) is 0 Å². The molecule has 0 rings (SSSR count). The second-order valence-corrected chi connectivity index (χ2v) is 6.40. The quantitative estimate of drug-likeness (QED) is 0.263. The number of hydrogen-bond acceptors (Lipinski definition) is 5. The minimum absolute atomic E-state index is 0.0549. The van der Waals surface area contributed by atoms with Crippen molar-refractivity contribution in [3.63, 3.8) is 0 Å². The van der Waals surface area contributed by atoms with Crippen molar-refractivity contribution < 1.29 is 31.9 Å². The van der Waals surface area contributed by atoms with Crippen molar-refractivity contribution in [3.8, 4) is 0 Å². The van der Waals surface area contributed by atoms with E-state index >= 15 is 0 Å². The molecule has 0 fully saturated rings. The topological polar surface area (TPSA) is 61.8 Å². The molecule has 0 spiro atoms. The molecule has 0 aromatic rings. The summed E-state index contributed by atoms with van der Waals surface area (Å²) in [6.07, 6.45) is 0.248. The molecule has 0 aliphatic rings. The van der Waals surface area contributed by atoms with Gasteiger partial charge in [-0.2, -0.15) is 8.78 Å². The van der Waals surface area contributed by atoms with Crippen LogP contribution in [0.3, 0.4) is 0 Å². The minimum atomic E-state index is -4.66. The van der Waals surface area contributed by atoms with Gasteiger partial charge in [0.1, 0.15) is 3.58 Å². The third kappa shape index (κ3) is 5.45. The monoisotopic (exact) mass is 412 g/mol. The Bertz CT molecular complexity index is 376. The molecule has 0 saturated carbocycles. The number of allylic oxidation sites excluding steroid dienone is 1. The van der Waals surface area contributed by atoms with Gasteiger partial charge in [0.05, 0.1) is 19.8 Å². The van der Waals surface area contributed by atoms with Crippen LogP contribution in [-0.4, -0.2) is 31.5 Å². The molecule has 9 heteroatoms. The maximum atomic E-state index is 13.9. The van der Waals surface area contributed by atoms with Gasteiger partial charge >= 0.3 is 19.2 Å². The predicted octanol–water partition coefficient (Wildman–Crippen LogP) is 3.73. The summed E-state index contributed by atoms with van der Waals surface area (Å²) in [7, 11) is -4.66. The largest absolute Gasteiger partial charge is 0.462 e. The van der Waals surface area contributed by atoms with Gasteiger partial charge < -0.3 is 13.8 Å². The fraction of sp³-hybridized carbons (Fsp3) is 0.700. The molecule has 5 nitrogen and oxygen atoms in total. The zero-order chi connectivity index (χ0) is 15.1. The molecule has 0 amide bonds. The predicted molar refractivity (Wildman–Crippen MR) is 74.5 cm³/mol. The third-order valence-corrected chi connectivity index (χ3v) is 4.54. The van der Waals surface area contributed by atoms with Crippen LogP contribution in [0.4, 0.5) is 8.78 Å². The van der Waals surface area contributed by atoms with E-state index in [9.17, 15) is 18.1 Å². The first-order valence-corrected chi connectivity index (χ1v) is 8.18. The molecule has 0 aliphatic heterocycles. The van der Waals surface area contributed by atoms with Gasteiger partial charge in [-0.3, -0.25) is 4.57 Å². The lowest BCUT2D eigenvalue weighted by Gasteiger charge is -2.23. The number of hydrogen-bond donors (Lipinski definition) is 0. The highest BCUT2D eigenvalue weighted by Gasteiger charge is 2.52. The highest BCUT2D eigenvalue weighted by molar-refractivity contribution is 14.1. The van der Waals surface area contributed by atoms with E-state index < -0.39 is 19.2 Å². The highest BCUT2D eigenvalue weighted by atomic mass is 127. The van der Waals surface area contributed by atoms with Gasteiger partial charge in [-0.25, -0.2) is 4.79 Å². The zero-order valence-electron chi connectivity index (χ0n) is 10.8. The summed E-state index contributed by atoms with van der Waals surface area (Å²) >= 11 is 1.39. The fourth-order valence-electron chi connectivity index (χ4n) is 1.04. The molecule has 0 saturated heterocycles. The van der Waals surface area contributed by atoms with E-state index in [1.807, 2.05) is 0 Å². The Balaban J connectivity index is 5.26. The molecule has 0 aromatic heterocycles. The summed E-state index contributed by atoms with van der Waals surface area (Å²) in [4.78, 5) is 11.3. The Morgan fingerprint density at radius 2 is 1.68 bits per heavy atom. The molecule has 0 heterocycles. The molecule has 112 valence electrons. The second kappa shape index (κ2) is 8.28. The molecular formula is C10H16F2IO5P. The first-order valence-electron chi connectivity index (χ1n) is 5.56. The smallest absolute Gasteiger partial charge is 0.403 e. The van der Waals surface area contributed by atoms with Gasteiger partial charge in [-0.1, -0.05) is 0 Å². The van der Waals surface area contributed by atoms with Crippen molar-refractivity contribution in [2.75, 3.05) is 19.8 Å². The fourth-order valence-corrected chi connectivity index (χ4v) is 3.22. The molecule has 0 atom stereocenters. The van der Waals surface area contributed by atoms with E-state index in [1.54, 1.807) is 6.92 Å². The third-order valence-electron chi connectivity index (χ3n) is 1.73. The summed E-state index contributed by atoms with van der Waals surface area (Å²) in [6, 6.07) is 0. The van der Waals surface area contributed by atoms with Crippen LogP contribution in [0.2, 0.25) is 0 Å². The first kappa shape index (κ1) is 18.9. The van der Waals surface area contributed by atoms with Crippen molar-refractivity contribution in [2.24, 2.45) is 0 Å². The summed E-state index contributed by atoms with van der Waals surface area (Å²) in [5.74, 6) is -0.915. The van der Waals surface area contributed by atoms with Gasteiger partial charge in [0, 0.05) is 6.08 Å². The second-order valence-electron chi connectivity index (χ2n) is 3.13. The van der Waals surface area contributed by atoms with Crippen LogP contribution in [0.15, 0.2) is 9.66 Å². The molecule has 0 N–H and O–H groups in total. The average Bonchev–Trinajstić information content (AvgIpc) is 2.29. The minimum Gasteiger partial charge on any atom is -0.462 e. The number of ether oxygens (including phenoxy) is 1. The van der Waals surface area contributed by atoms with Crippen LogP contribution in [0.5, 0.6) is 0 Å². The summed E-state index contributed by atoms with van der Waals surface area (Å²) in [6.45, 7) is 4.04. The molecule has 0 unspecified atom stereocenters. The SMILES string of the molecule is CCOC(=O)/C(I)=C\C(F)(F)P(=O)(OCC)OCC. The molecule has 0 bridgehead atoms. The number of carbonyl (C=O) groups is 1. The lowest BCUT2D eigenvalue weighted by Crippen LogP contribution is -2.19. The Morgan fingerprint density at radius 3 is 2.05 bits per heavy atom. The summed E-state index contributed by atoms with van der Waals surface area (Å²) in [5, 5.41) is 0. The van der Waals surface area contributed by atoms with Crippen LogP contribution in [-0.2, 0) is 23.1 Å². The van der Waals surface area contributed by atoms with Crippen LogP contribution in [0.25, 0.3) is 0 Å². The van der Waals surface area contributed by atoms with E-state index in [0.29, 0.717) is 0 Å². The Hall–Kier alpha value is -0.0500. The number of rotatable bonds is 8. The van der Waals surface area contributed by atoms with E-state index in [4.69, 9.17) is 0 Å². The van der Waals surface area contributed by atoms with Crippen molar-refractivity contribution in [1.29, 1.82) is 0 Å². The highest BCUT2D eigenvalue weighted by Crippen LogP contribution is 2.62. The maximum Gasteiger partial charge on any atom is 0.403 e. The summed E-state index contributed by atoms with van der Waals surface area (Å²) in [5.41, 5.74) is -3.90. The maximum absolute atomic E-state index is 13.9. The van der Waals surface area contributed by atoms with E-state index in [2.05, 4.69) is 13.8 Å². The van der Waals surface area contributed by atoms with Gasteiger partial charge in [-0.05, 0) is 43.4 Å². The molecule has 19 heavy (non-hydrogen) atoms. The van der Waals surface area contributed by atoms with Crippen molar-refractivity contribution in [1.82, 2.24) is 0 Å². The average molecular weight is 412 g/mol. The van der Waals surface area contributed by atoms with Crippen LogP contribution in [0, 0.1) is 0 Å². The van der Waals surface area contributed by atoms with Crippen LogP contribution in [0.1, 0.15) is 20.8 Å². The van der Waals surface area contributed by atoms with Crippen LogP contribution >= 0.6 is 30.2 Å². The molecule has 0 aromatic carbocycles. The van der Waals surface area contributed by atoms with Crippen molar-refractivity contribution in [2.45, 2.75) is 26.4 Å². The molecule has 0 radical (unpaired) electrons. The standard InChI is InChI=1S/C10H16F2IO5P/c1-4-16-9(14)8(13)7-10(11,12)19(15,17-5-2)18-6-3/h7H,4-6H2,1-3H3/b8-7+. The lowest BCUT2D eigenvalue weighted by atomic mass is 10.5. The zero-order valence-corrected chi connectivity index (χ0v) is 13.9. The number of halogens is 3. The lowest BCUT2D eigenvalue weighted by molar-refractivity contribution is -0.137. The van der Waals surface area contributed by atoms with Crippen molar-refractivity contribution in [3.05, 3.63) is 9.66 Å². The Kier molecular flexibility index (Phi) is 8.26. The summed E-state index contributed by atoms with van der Waals surface area (Å²) < 4.78 is 53.0. The first-order chi connectivity index (χ1) is 8.74. The van der Waals surface area contributed by atoms with E-state index in [1.165, 1.54) is 36.4 Å². The van der Waals surface area contributed by atoms with Crippen molar-refractivity contribution >= 4 is 36.2 Å². The number of carbonyl (C=O) groups excluding carboxylic acids is 1.